The van der Waals surface area contributed by atoms with E-state index >= 15 is 0 Å². The predicted molar refractivity (Wildman–Crippen MR) is 73.9 cm³/mol. The van der Waals surface area contributed by atoms with E-state index in [1.165, 1.54) is 11.1 Å². The van der Waals surface area contributed by atoms with E-state index in [9.17, 15) is 4.79 Å². The van der Waals surface area contributed by atoms with Gasteiger partial charge >= 0.3 is 0 Å². The van der Waals surface area contributed by atoms with E-state index in [1.807, 2.05) is 0 Å². The monoisotopic (exact) mass is 333 g/mol. The fourth-order valence-corrected chi connectivity index (χ4v) is 3.63. The maximum atomic E-state index is 11.9. The van der Waals surface area contributed by atoms with Crippen molar-refractivity contribution in [3.8, 4) is 0 Å². The number of amides is 1. The molecular weight excluding hydrogens is 322 g/mol. The Morgan fingerprint density at radius 1 is 1.50 bits per heavy atom. The van der Waals surface area contributed by atoms with Crippen molar-refractivity contribution in [1.29, 1.82) is 0 Å². The van der Waals surface area contributed by atoms with Crippen LogP contribution in [-0.2, 0) is 17.6 Å². The highest BCUT2D eigenvalue weighted by atomic mass is 79.9. The number of H-pyrrole nitrogens is 1. The Morgan fingerprint density at radius 2 is 2.40 bits per heavy atom. The molecule has 2 aliphatic carbocycles. The van der Waals surface area contributed by atoms with E-state index in [-0.39, 0.29) is 18.4 Å². The number of rotatable bonds is 3. The van der Waals surface area contributed by atoms with E-state index in [2.05, 4.69) is 60.1 Å². The van der Waals surface area contributed by atoms with Gasteiger partial charge in [0.05, 0.1) is 6.42 Å². The van der Waals surface area contributed by atoms with Gasteiger partial charge in [0.1, 0.15) is 0 Å². The number of benzene rings is 1. The molecule has 1 fully saturated rings. The third kappa shape index (κ3) is 1.93. The predicted octanol–water partition coefficient (Wildman–Crippen LogP) is 0.959. The lowest BCUT2D eigenvalue weighted by Crippen LogP contribution is -2.30. The van der Waals surface area contributed by atoms with Crippen LogP contribution >= 0.6 is 15.9 Å². The first-order valence-electron chi connectivity index (χ1n) is 6.52. The zero-order chi connectivity index (χ0) is 13.7. The Morgan fingerprint density at radius 3 is 3.20 bits per heavy atom. The highest BCUT2D eigenvalue weighted by Crippen LogP contribution is 2.56. The third-order valence-electron chi connectivity index (χ3n) is 4.12. The number of tetrazole rings is 1. The molecule has 2 N–H and O–H groups in total. The lowest BCUT2D eigenvalue weighted by Gasteiger charge is -2.09. The number of fused-ring (bicyclic) bond motifs is 3. The summed E-state index contributed by atoms with van der Waals surface area (Å²) in [4.78, 5) is 11.9. The number of aromatic amines is 1. The SMILES string of the molecule is O=C(Cc1nn[nH]n1)N[C@H]1[C@@H]2Cc3cc(Br)ccc3[C@@H]21. The second kappa shape index (κ2) is 4.37. The van der Waals surface area contributed by atoms with Gasteiger partial charge in [0.15, 0.2) is 5.82 Å². The first kappa shape index (κ1) is 12.0. The third-order valence-corrected chi connectivity index (χ3v) is 4.62. The lowest BCUT2D eigenvalue weighted by atomic mass is 10.1. The fraction of sp³-hybridized carbons (Fsp3) is 0.385. The van der Waals surface area contributed by atoms with Crippen molar-refractivity contribution in [1.82, 2.24) is 25.9 Å². The maximum absolute atomic E-state index is 11.9. The van der Waals surface area contributed by atoms with E-state index in [4.69, 9.17) is 0 Å². The van der Waals surface area contributed by atoms with Crippen molar-refractivity contribution in [2.45, 2.75) is 24.8 Å². The van der Waals surface area contributed by atoms with Gasteiger partial charge in [-0.3, -0.25) is 4.79 Å². The second-order valence-electron chi connectivity index (χ2n) is 5.34. The average molecular weight is 334 g/mol. The van der Waals surface area contributed by atoms with E-state index in [1.54, 1.807) is 0 Å². The Kier molecular flexibility index (Phi) is 2.63. The Balaban J connectivity index is 1.42. The first-order chi connectivity index (χ1) is 9.72. The minimum absolute atomic E-state index is 0.0375. The van der Waals surface area contributed by atoms with Gasteiger partial charge in [0, 0.05) is 16.4 Å². The summed E-state index contributed by atoms with van der Waals surface area (Å²) in [6, 6.07) is 6.68. The number of halogens is 1. The van der Waals surface area contributed by atoms with Gasteiger partial charge in [-0.05, 0) is 35.6 Å². The normalized spacial score (nSPS) is 25.9. The largest absolute Gasteiger partial charge is 0.352 e. The number of nitrogens with zero attached hydrogens (tertiary/aromatic N) is 3. The molecule has 0 spiro atoms. The molecule has 2 aromatic rings. The van der Waals surface area contributed by atoms with Crippen LogP contribution in [-0.4, -0.2) is 32.6 Å². The molecule has 102 valence electrons. The molecule has 3 atom stereocenters. The summed E-state index contributed by atoms with van der Waals surface area (Å²) < 4.78 is 1.12. The summed E-state index contributed by atoms with van der Waals surface area (Å²) >= 11 is 3.50. The van der Waals surface area contributed by atoms with Crippen molar-refractivity contribution in [2.24, 2.45) is 5.92 Å². The number of nitrogens with one attached hydrogen (secondary N) is 2. The highest BCUT2D eigenvalue weighted by Gasteiger charge is 2.56. The zero-order valence-electron chi connectivity index (χ0n) is 10.5. The summed E-state index contributed by atoms with van der Waals surface area (Å²) in [5.74, 6) is 1.42. The molecule has 1 saturated carbocycles. The Bertz CT molecular complexity index is 671. The van der Waals surface area contributed by atoms with Gasteiger partial charge in [-0.25, -0.2) is 0 Å². The van der Waals surface area contributed by atoms with Crippen LogP contribution in [0.15, 0.2) is 22.7 Å². The molecule has 0 radical (unpaired) electrons. The lowest BCUT2D eigenvalue weighted by molar-refractivity contribution is -0.120. The molecule has 20 heavy (non-hydrogen) atoms. The van der Waals surface area contributed by atoms with Crippen molar-refractivity contribution >= 4 is 21.8 Å². The maximum Gasteiger partial charge on any atom is 0.228 e. The van der Waals surface area contributed by atoms with Gasteiger partial charge in [-0.2, -0.15) is 5.21 Å². The molecule has 7 heteroatoms. The number of carbonyl (C=O) groups excluding carboxylic acids is 1. The Hall–Kier alpha value is -1.76. The minimum Gasteiger partial charge on any atom is -0.352 e. The van der Waals surface area contributed by atoms with E-state index in [0.717, 1.165) is 10.9 Å². The van der Waals surface area contributed by atoms with Gasteiger partial charge < -0.3 is 5.32 Å². The second-order valence-corrected chi connectivity index (χ2v) is 6.25. The van der Waals surface area contributed by atoms with Crippen molar-refractivity contribution in [2.75, 3.05) is 0 Å². The molecular formula is C13H12BrN5O. The van der Waals surface area contributed by atoms with Crippen LogP contribution in [0, 0.1) is 5.92 Å². The molecule has 1 aromatic heterocycles. The van der Waals surface area contributed by atoms with Gasteiger partial charge in [-0.1, -0.05) is 27.2 Å². The van der Waals surface area contributed by atoms with Crippen molar-refractivity contribution in [3.63, 3.8) is 0 Å². The average Bonchev–Trinajstić information content (AvgIpc) is 2.83. The Labute approximate surface area is 123 Å². The molecule has 0 aliphatic heterocycles. The summed E-state index contributed by atoms with van der Waals surface area (Å²) in [6.45, 7) is 0. The first-order valence-corrected chi connectivity index (χ1v) is 7.31. The summed E-state index contributed by atoms with van der Waals surface area (Å²) in [5, 5.41) is 16.4. The molecule has 1 heterocycles. The number of aromatic nitrogens is 4. The minimum atomic E-state index is -0.0375. The van der Waals surface area contributed by atoms with Crippen LogP contribution in [0.3, 0.4) is 0 Å². The molecule has 1 aromatic carbocycles. The molecule has 6 nitrogen and oxygen atoms in total. The number of hydrogen-bond donors (Lipinski definition) is 2. The van der Waals surface area contributed by atoms with Gasteiger partial charge in [0.2, 0.25) is 5.91 Å². The standard InChI is InChI=1S/C13H12BrN5O/c14-7-1-2-8-6(3-7)4-9-12(8)13(9)15-11(20)5-10-16-18-19-17-10/h1-3,9,12-13H,4-5H2,(H,15,20)(H,16,17,18,19)/t9-,12+,13+/m1/s1. The summed E-state index contributed by atoms with van der Waals surface area (Å²) in [7, 11) is 0. The van der Waals surface area contributed by atoms with Crippen molar-refractivity contribution < 1.29 is 4.79 Å². The summed E-state index contributed by atoms with van der Waals surface area (Å²) in [6.07, 6.45) is 1.23. The van der Waals surface area contributed by atoms with Crippen LogP contribution in [0.25, 0.3) is 0 Å². The van der Waals surface area contributed by atoms with Crippen LogP contribution in [0.1, 0.15) is 22.9 Å². The van der Waals surface area contributed by atoms with Gasteiger partial charge in [0.25, 0.3) is 0 Å². The topological polar surface area (TPSA) is 83.6 Å². The molecule has 0 saturated heterocycles. The van der Waals surface area contributed by atoms with Crippen LogP contribution in [0.4, 0.5) is 0 Å². The zero-order valence-corrected chi connectivity index (χ0v) is 12.1. The summed E-state index contributed by atoms with van der Waals surface area (Å²) in [5.41, 5.74) is 2.78. The van der Waals surface area contributed by atoms with Crippen LogP contribution in [0.5, 0.6) is 0 Å². The molecule has 0 bridgehead atoms. The van der Waals surface area contributed by atoms with Crippen LogP contribution < -0.4 is 5.32 Å². The smallest absolute Gasteiger partial charge is 0.228 e. The molecule has 0 unspecified atom stereocenters. The van der Waals surface area contributed by atoms with Crippen molar-refractivity contribution in [3.05, 3.63) is 39.6 Å². The molecule has 2 aliphatic rings. The number of carbonyl (C=O) groups is 1. The highest BCUT2D eigenvalue weighted by molar-refractivity contribution is 9.10. The fourth-order valence-electron chi connectivity index (χ4n) is 3.22. The molecule has 4 rings (SSSR count). The number of hydrogen-bond acceptors (Lipinski definition) is 4. The van der Waals surface area contributed by atoms with E-state index < -0.39 is 0 Å². The van der Waals surface area contributed by atoms with Crippen LogP contribution in [0.2, 0.25) is 0 Å². The van der Waals surface area contributed by atoms with Gasteiger partial charge in [-0.15, -0.1) is 10.2 Å². The molecule has 1 amide bonds. The van der Waals surface area contributed by atoms with E-state index in [0.29, 0.717) is 17.7 Å². The quantitative estimate of drug-likeness (QED) is 0.876.